The molecule has 14 nitrogen and oxygen atoms in total. The second-order valence-electron chi connectivity index (χ2n) is 16.1. The molecule has 3 aromatic rings. The van der Waals surface area contributed by atoms with E-state index in [1.165, 1.54) is 47.0 Å². The molecule has 1 unspecified atom stereocenters. The van der Waals surface area contributed by atoms with Crippen LogP contribution in [-0.2, 0) is 58.9 Å². The number of thiocarbonyl (C=S) groups is 1. The van der Waals surface area contributed by atoms with E-state index in [9.17, 15) is 24.3 Å². The van der Waals surface area contributed by atoms with Crippen LogP contribution in [0.5, 0.6) is 0 Å². The predicted molar refractivity (Wildman–Crippen MR) is 232 cm³/mol. The van der Waals surface area contributed by atoms with Gasteiger partial charge in [-0.05, 0) is 54.8 Å². The van der Waals surface area contributed by atoms with E-state index in [2.05, 4.69) is 22.3 Å². The summed E-state index contributed by atoms with van der Waals surface area (Å²) in [5.74, 6) is -2.86. The minimum absolute atomic E-state index is 0.0301. The van der Waals surface area contributed by atoms with Gasteiger partial charge in [0.05, 0.1) is 23.8 Å². The van der Waals surface area contributed by atoms with E-state index >= 15 is 0 Å². The molecule has 0 aromatic heterocycles. The van der Waals surface area contributed by atoms with Crippen LogP contribution >= 0.6 is 12.2 Å². The first-order valence-corrected chi connectivity index (χ1v) is 21.8. The van der Waals surface area contributed by atoms with Gasteiger partial charge < -0.3 is 48.5 Å². The van der Waals surface area contributed by atoms with Crippen LogP contribution in [0.25, 0.3) is 0 Å². The van der Waals surface area contributed by atoms with Crippen molar-refractivity contribution in [1.29, 1.82) is 0 Å². The third-order valence-corrected chi connectivity index (χ3v) is 11.5. The third kappa shape index (κ3) is 12.9. The average Bonchev–Trinajstić information content (AvgIpc) is 3.23. The number of likely N-dealkylation sites (tertiary alicyclic amines) is 1. The smallest absolute Gasteiger partial charge is 0.303 e. The minimum Gasteiger partial charge on any atom is -0.463 e. The molecule has 0 aliphatic carbocycles. The zero-order chi connectivity index (χ0) is 44.2. The topological polar surface area (TPSA) is 168 Å². The van der Waals surface area contributed by atoms with Crippen molar-refractivity contribution in [2.24, 2.45) is 0 Å². The Labute approximate surface area is 368 Å². The van der Waals surface area contributed by atoms with E-state index in [4.69, 9.17) is 45.4 Å². The quantitative estimate of drug-likeness (QED) is 0.100. The van der Waals surface area contributed by atoms with Gasteiger partial charge in [-0.3, -0.25) is 19.2 Å². The Morgan fingerprint density at radius 2 is 1.29 bits per heavy atom. The summed E-state index contributed by atoms with van der Waals surface area (Å²) in [6.07, 6.45) is -1.35. The van der Waals surface area contributed by atoms with Gasteiger partial charge in [-0.15, -0.1) is 0 Å². The van der Waals surface area contributed by atoms with Gasteiger partial charge in [0.2, 0.25) is 0 Å². The highest BCUT2D eigenvalue weighted by Crippen LogP contribution is 2.47. The molecule has 15 heteroatoms. The Kier molecular flexibility index (Phi) is 17.0. The largest absolute Gasteiger partial charge is 0.463 e. The summed E-state index contributed by atoms with van der Waals surface area (Å²) in [4.78, 5) is 51.6. The van der Waals surface area contributed by atoms with Crippen molar-refractivity contribution in [3.8, 4) is 0 Å². The van der Waals surface area contributed by atoms with Crippen LogP contribution in [0.4, 0.5) is 5.69 Å². The molecule has 3 heterocycles. The molecule has 334 valence electrons. The summed E-state index contributed by atoms with van der Waals surface area (Å²) in [7, 11) is 0. The van der Waals surface area contributed by atoms with Crippen LogP contribution in [0.15, 0.2) is 78.9 Å². The first-order chi connectivity index (χ1) is 29.9. The highest BCUT2D eigenvalue weighted by molar-refractivity contribution is 7.80. The van der Waals surface area contributed by atoms with Crippen molar-refractivity contribution in [3.05, 3.63) is 101 Å². The van der Waals surface area contributed by atoms with E-state index in [0.717, 1.165) is 54.7 Å². The summed E-state index contributed by atoms with van der Waals surface area (Å²) in [6.45, 7) is 7.08. The molecule has 3 fully saturated rings. The lowest BCUT2D eigenvalue weighted by molar-refractivity contribution is -0.263. The van der Waals surface area contributed by atoms with Crippen molar-refractivity contribution in [1.82, 2.24) is 4.90 Å². The Hall–Kier alpha value is -4.77. The number of benzene rings is 3. The van der Waals surface area contributed by atoms with Crippen LogP contribution in [0.1, 0.15) is 107 Å². The average molecular weight is 875 g/mol. The number of nitrogens with one attached hydrogen (secondary N) is 1. The fourth-order valence-electron chi connectivity index (χ4n) is 8.56. The molecule has 3 aliphatic heterocycles. The molecular weight excluding hydrogens is 817 g/mol. The minimum atomic E-state index is -1.30. The van der Waals surface area contributed by atoms with E-state index < -0.39 is 60.7 Å². The number of rotatable bonds is 14. The number of aliphatic hydroxyl groups excluding tert-OH is 1. The first-order valence-electron chi connectivity index (χ1n) is 21.4. The van der Waals surface area contributed by atoms with Crippen molar-refractivity contribution >= 4 is 46.8 Å². The van der Waals surface area contributed by atoms with Crippen LogP contribution < -0.4 is 5.32 Å². The zero-order valence-electron chi connectivity index (χ0n) is 35.8. The predicted octanol–water partition coefficient (Wildman–Crippen LogP) is 6.64. The number of nitrogens with zero attached hydrogens (tertiary/aromatic N) is 1. The standard InChI is InChI=1S/C47H58N2O12S/c1-29(51)55-28-40-45(57-31(3)53)46(58-32(4)54)44(56-30(2)52)38(59-40)25-41(62)48-37-17-13-16-36(24-37)47-60-39(26-49-22-11-6-5-7-12-23-49)42(34-14-9-8-10-15-34)43(61-47)35-20-18-33(27-50)19-21-35/h8-10,13-21,24,38-40,42-47,50H,5-7,11-12,22-23,25-28H2,1-4H3,(H,48,62)/t38-,39+,40+,42+,43-,44-,45+,46+,47?/m0/s1. The number of aliphatic hydroxyl groups is 1. The fourth-order valence-corrected chi connectivity index (χ4v) is 8.84. The summed E-state index contributed by atoms with van der Waals surface area (Å²) in [6, 6.07) is 25.8. The van der Waals surface area contributed by atoms with Crippen molar-refractivity contribution in [2.45, 2.75) is 128 Å². The first kappa shape index (κ1) is 46.7. The van der Waals surface area contributed by atoms with Gasteiger partial charge in [-0.2, -0.15) is 0 Å². The Morgan fingerprint density at radius 3 is 1.92 bits per heavy atom. The lowest BCUT2D eigenvalue weighted by atomic mass is 9.83. The highest BCUT2D eigenvalue weighted by atomic mass is 32.1. The number of carbonyl (C=O) groups excluding carboxylic acids is 4. The van der Waals surface area contributed by atoms with Gasteiger partial charge in [0, 0.05) is 57.8 Å². The molecule has 0 spiro atoms. The molecule has 6 rings (SSSR count). The molecule has 3 aromatic carbocycles. The lowest BCUT2D eigenvalue weighted by Crippen LogP contribution is -2.62. The van der Waals surface area contributed by atoms with Gasteiger partial charge in [0.15, 0.2) is 24.6 Å². The molecular formula is C47H58N2O12S. The summed E-state index contributed by atoms with van der Waals surface area (Å²) in [5.41, 5.74) is 4.28. The van der Waals surface area contributed by atoms with Gasteiger partial charge in [-0.1, -0.05) is 98.2 Å². The number of carbonyl (C=O) groups is 4. The summed E-state index contributed by atoms with van der Waals surface area (Å²) < 4.78 is 42.3. The second-order valence-corrected chi connectivity index (χ2v) is 16.6. The zero-order valence-corrected chi connectivity index (χ0v) is 36.6. The highest BCUT2D eigenvalue weighted by Gasteiger charge is 2.52. The summed E-state index contributed by atoms with van der Waals surface area (Å²) in [5, 5.41) is 13.1. The molecule has 0 saturated carbocycles. The van der Waals surface area contributed by atoms with Crippen LogP contribution in [0.2, 0.25) is 0 Å². The van der Waals surface area contributed by atoms with E-state index in [1.807, 2.05) is 66.7 Å². The van der Waals surface area contributed by atoms with Crippen molar-refractivity contribution in [2.75, 3.05) is 31.6 Å². The Morgan fingerprint density at radius 1 is 0.677 bits per heavy atom. The van der Waals surface area contributed by atoms with Crippen molar-refractivity contribution in [3.63, 3.8) is 0 Å². The SMILES string of the molecule is CC(=O)OC[C@H]1O[C@@H](CC(=S)Nc2cccc(C3O[C@H](CN4CCCCCCC4)[C@@H](c4ccccc4)[C@H](c4ccc(CO)cc4)O3)c2)[C@H](OC(C)=O)[C@@H](OC(C)=O)[C@@H]1OC(C)=O. The monoisotopic (exact) mass is 874 g/mol. The molecule has 2 N–H and O–H groups in total. The molecule has 3 saturated heterocycles. The van der Waals surface area contributed by atoms with Gasteiger partial charge in [-0.25, -0.2) is 0 Å². The van der Waals surface area contributed by atoms with E-state index in [0.29, 0.717) is 5.69 Å². The number of anilines is 1. The maximum Gasteiger partial charge on any atom is 0.303 e. The molecule has 0 radical (unpaired) electrons. The molecule has 9 atom stereocenters. The van der Waals surface area contributed by atoms with Gasteiger partial charge in [0.1, 0.15) is 18.8 Å². The third-order valence-electron chi connectivity index (χ3n) is 11.3. The van der Waals surface area contributed by atoms with E-state index in [1.54, 1.807) is 0 Å². The van der Waals surface area contributed by atoms with Crippen LogP contribution in [-0.4, -0.2) is 102 Å². The van der Waals surface area contributed by atoms with Gasteiger partial charge >= 0.3 is 23.9 Å². The Balaban J connectivity index is 1.27. The van der Waals surface area contributed by atoms with Gasteiger partial charge in [0.25, 0.3) is 0 Å². The number of hydrogen-bond donors (Lipinski definition) is 2. The van der Waals surface area contributed by atoms with Crippen molar-refractivity contribution < 1.29 is 57.4 Å². The normalized spacial score (nSPS) is 26.8. The molecule has 0 amide bonds. The molecule has 62 heavy (non-hydrogen) atoms. The second kappa shape index (κ2) is 22.5. The maximum atomic E-state index is 12.4. The maximum absolute atomic E-state index is 12.4. The lowest BCUT2D eigenvalue weighted by Gasteiger charge is -2.44. The fraction of sp³-hybridized carbons (Fsp3) is 0.511. The van der Waals surface area contributed by atoms with Crippen LogP contribution in [0, 0.1) is 0 Å². The summed E-state index contributed by atoms with van der Waals surface area (Å²) >= 11 is 5.86. The molecule has 0 bridgehead atoms. The number of hydrogen-bond acceptors (Lipinski definition) is 14. The number of esters is 4. The van der Waals surface area contributed by atoms with E-state index in [-0.39, 0.29) is 42.7 Å². The number of ether oxygens (including phenoxy) is 7. The molecule has 3 aliphatic rings. The van der Waals surface area contributed by atoms with Crippen LogP contribution in [0.3, 0.4) is 0 Å². The Bertz CT molecular complexity index is 1970.